The molecule has 7 nitrogen and oxygen atoms in total. The highest BCUT2D eigenvalue weighted by Gasteiger charge is 2.38. The Hall–Kier alpha value is -2.12. The summed E-state index contributed by atoms with van der Waals surface area (Å²) in [7, 11) is 0. The molecule has 1 aromatic rings. The van der Waals surface area contributed by atoms with Gasteiger partial charge in [-0.25, -0.2) is 4.79 Å². The van der Waals surface area contributed by atoms with Gasteiger partial charge in [-0.3, -0.25) is 9.69 Å². The Bertz CT molecular complexity index is 711. The van der Waals surface area contributed by atoms with E-state index in [1.165, 1.54) is 19.3 Å². The average Bonchev–Trinajstić information content (AvgIpc) is 2.73. The second-order valence-corrected chi connectivity index (χ2v) is 8.04. The first kappa shape index (κ1) is 19.2. The van der Waals surface area contributed by atoms with Gasteiger partial charge in [0.2, 0.25) is 5.91 Å². The lowest BCUT2D eigenvalue weighted by atomic mass is 9.80. The molecule has 7 heteroatoms. The van der Waals surface area contributed by atoms with Crippen LogP contribution in [0.15, 0.2) is 24.3 Å². The van der Waals surface area contributed by atoms with Crippen LogP contribution in [0.5, 0.6) is 0 Å². The van der Waals surface area contributed by atoms with Gasteiger partial charge in [-0.2, -0.15) is 0 Å². The number of nitrogens with one attached hydrogen (secondary N) is 2. The van der Waals surface area contributed by atoms with Crippen LogP contribution in [-0.4, -0.2) is 61.8 Å². The van der Waals surface area contributed by atoms with Crippen LogP contribution in [0.3, 0.4) is 0 Å². The molecule has 2 heterocycles. The van der Waals surface area contributed by atoms with Crippen LogP contribution >= 0.6 is 0 Å². The van der Waals surface area contributed by atoms with Crippen molar-refractivity contribution in [2.45, 2.75) is 44.1 Å². The number of amides is 3. The molecule has 28 heavy (non-hydrogen) atoms. The fourth-order valence-corrected chi connectivity index (χ4v) is 4.61. The van der Waals surface area contributed by atoms with E-state index in [4.69, 9.17) is 4.74 Å². The third-order valence-corrected chi connectivity index (χ3v) is 6.31. The number of anilines is 2. The summed E-state index contributed by atoms with van der Waals surface area (Å²) in [6.07, 6.45) is 6.56. The van der Waals surface area contributed by atoms with E-state index in [9.17, 15) is 9.59 Å². The molecule has 0 aromatic heterocycles. The van der Waals surface area contributed by atoms with Crippen molar-refractivity contribution in [3.8, 4) is 0 Å². The fourth-order valence-electron chi connectivity index (χ4n) is 4.61. The highest BCUT2D eigenvalue weighted by molar-refractivity contribution is 6.00. The maximum absolute atomic E-state index is 12.6. The van der Waals surface area contributed by atoms with Crippen LogP contribution in [0.25, 0.3) is 0 Å². The predicted octanol–water partition coefficient (Wildman–Crippen LogP) is 2.58. The summed E-state index contributed by atoms with van der Waals surface area (Å²) in [6, 6.07) is 7.29. The molecule has 2 saturated heterocycles. The molecule has 1 saturated carbocycles. The number of β-lactam (4-membered cyclic amide) rings is 1. The highest BCUT2D eigenvalue weighted by atomic mass is 16.5. The molecule has 1 aromatic carbocycles. The topological polar surface area (TPSA) is 73.9 Å². The number of carbonyl (C=O) groups excluding carboxylic acids is 2. The van der Waals surface area contributed by atoms with Crippen molar-refractivity contribution in [3.63, 3.8) is 0 Å². The van der Waals surface area contributed by atoms with E-state index < -0.39 is 0 Å². The molecule has 3 aliphatic rings. The zero-order valence-electron chi connectivity index (χ0n) is 16.4. The predicted molar refractivity (Wildman–Crippen MR) is 109 cm³/mol. The van der Waals surface area contributed by atoms with Crippen LogP contribution in [0.2, 0.25) is 0 Å². The summed E-state index contributed by atoms with van der Waals surface area (Å²) >= 11 is 0. The third kappa shape index (κ3) is 4.15. The molecular formula is C21H30N4O3. The Balaban J connectivity index is 1.36. The zero-order chi connectivity index (χ0) is 19.4. The maximum Gasteiger partial charge on any atom is 0.319 e. The summed E-state index contributed by atoms with van der Waals surface area (Å²) in [5.74, 6) is 0.131. The lowest BCUT2D eigenvalue weighted by Crippen LogP contribution is -2.60. The van der Waals surface area contributed by atoms with E-state index in [1.54, 1.807) is 4.90 Å². The quantitative estimate of drug-likeness (QED) is 0.763. The molecule has 0 unspecified atom stereocenters. The molecule has 4 rings (SSSR count). The summed E-state index contributed by atoms with van der Waals surface area (Å²) in [4.78, 5) is 28.5. The molecule has 2 N–H and O–H groups in total. The molecule has 3 amide bonds. The Kier molecular flexibility index (Phi) is 5.82. The van der Waals surface area contributed by atoms with Gasteiger partial charge >= 0.3 is 6.03 Å². The molecule has 0 atom stereocenters. The zero-order valence-corrected chi connectivity index (χ0v) is 16.4. The second kappa shape index (κ2) is 8.49. The first-order valence-corrected chi connectivity index (χ1v) is 10.4. The van der Waals surface area contributed by atoms with Crippen LogP contribution in [0.1, 0.15) is 38.5 Å². The Morgan fingerprint density at radius 2 is 1.89 bits per heavy atom. The number of nitrogens with zero attached hydrogens (tertiary/aromatic N) is 2. The van der Waals surface area contributed by atoms with E-state index in [2.05, 4.69) is 15.5 Å². The number of hydrogen-bond acceptors (Lipinski definition) is 4. The van der Waals surface area contributed by atoms with Crippen molar-refractivity contribution in [3.05, 3.63) is 24.3 Å². The Morgan fingerprint density at radius 3 is 2.57 bits per heavy atom. The minimum Gasteiger partial charge on any atom is -0.379 e. The minimum absolute atomic E-state index is 0.0469. The van der Waals surface area contributed by atoms with E-state index in [-0.39, 0.29) is 17.5 Å². The van der Waals surface area contributed by atoms with Crippen molar-refractivity contribution in [2.24, 2.45) is 0 Å². The van der Waals surface area contributed by atoms with Gasteiger partial charge in [0, 0.05) is 49.5 Å². The molecule has 152 valence electrons. The molecule has 0 spiro atoms. The number of benzene rings is 1. The number of urea groups is 1. The Labute approximate surface area is 166 Å². The number of rotatable bonds is 5. The Morgan fingerprint density at radius 1 is 1.11 bits per heavy atom. The van der Waals surface area contributed by atoms with Crippen molar-refractivity contribution in [1.29, 1.82) is 0 Å². The van der Waals surface area contributed by atoms with E-state index in [1.807, 2.05) is 24.3 Å². The lowest BCUT2D eigenvalue weighted by Gasteiger charge is -2.48. The average molecular weight is 386 g/mol. The maximum atomic E-state index is 12.6. The third-order valence-electron chi connectivity index (χ3n) is 6.31. The summed E-state index contributed by atoms with van der Waals surface area (Å²) in [5.41, 5.74) is 1.59. The molecule has 2 aliphatic heterocycles. The fraction of sp³-hybridized carbons (Fsp3) is 0.619. The molecule has 0 radical (unpaired) electrons. The summed E-state index contributed by atoms with van der Waals surface area (Å²) < 4.78 is 5.52. The van der Waals surface area contributed by atoms with Crippen molar-refractivity contribution >= 4 is 23.3 Å². The van der Waals surface area contributed by atoms with Gasteiger partial charge < -0.3 is 20.3 Å². The number of morpholine rings is 1. The number of carbonyl (C=O) groups is 2. The van der Waals surface area contributed by atoms with Gasteiger partial charge in [-0.1, -0.05) is 25.3 Å². The molecular weight excluding hydrogens is 356 g/mol. The summed E-state index contributed by atoms with van der Waals surface area (Å²) in [6.45, 7) is 4.83. The van der Waals surface area contributed by atoms with Crippen LogP contribution in [0.4, 0.5) is 16.2 Å². The van der Waals surface area contributed by atoms with Crippen molar-refractivity contribution in [2.75, 3.05) is 49.6 Å². The van der Waals surface area contributed by atoms with Gasteiger partial charge in [0.1, 0.15) is 0 Å². The first-order chi connectivity index (χ1) is 13.7. The van der Waals surface area contributed by atoms with Gasteiger partial charge in [0.25, 0.3) is 0 Å². The van der Waals surface area contributed by atoms with E-state index in [0.29, 0.717) is 18.7 Å². The molecule has 3 fully saturated rings. The van der Waals surface area contributed by atoms with E-state index >= 15 is 0 Å². The SMILES string of the molecule is O=C(NCC1(N2CCOCC2)CCCCC1)Nc1cccc(N2CCC2=O)c1. The van der Waals surface area contributed by atoms with Crippen molar-refractivity contribution < 1.29 is 14.3 Å². The van der Waals surface area contributed by atoms with Crippen molar-refractivity contribution in [1.82, 2.24) is 10.2 Å². The smallest absolute Gasteiger partial charge is 0.319 e. The van der Waals surface area contributed by atoms with Crippen LogP contribution < -0.4 is 15.5 Å². The monoisotopic (exact) mass is 386 g/mol. The van der Waals surface area contributed by atoms with Gasteiger partial charge in [0.15, 0.2) is 0 Å². The number of ether oxygens (including phenoxy) is 1. The lowest BCUT2D eigenvalue weighted by molar-refractivity contribution is -0.122. The standard InChI is InChI=1S/C21H30N4O3/c26-19-7-10-25(19)18-6-4-5-17(15-18)23-20(27)22-16-21(8-2-1-3-9-21)24-11-13-28-14-12-24/h4-6,15H,1-3,7-14,16H2,(H2,22,23,27). The normalized spacial score (nSPS) is 22.4. The van der Waals surface area contributed by atoms with Gasteiger partial charge in [0.05, 0.1) is 13.2 Å². The van der Waals surface area contributed by atoms with Crippen LogP contribution in [0, 0.1) is 0 Å². The highest BCUT2D eigenvalue weighted by Crippen LogP contribution is 2.34. The summed E-state index contributed by atoms with van der Waals surface area (Å²) in [5, 5.41) is 6.04. The molecule has 1 aliphatic carbocycles. The second-order valence-electron chi connectivity index (χ2n) is 8.04. The van der Waals surface area contributed by atoms with E-state index in [0.717, 1.165) is 51.4 Å². The number of hydrogen-bond donors (Lipinski definition) is 2. The van der Waals surface area contributed by atoms with Gasteiger partial charge in [-0.05, 0) is 31.0 Å². The first-order valence-electron chi connectivity index (χ1n) is 10.4. The largest absolute Gasteiger partial charge is 0.379 e. The van der Waals surface area contributed by atoms with Gasteiger partial charge in [-0.15, -0.1) is 0 Å². The minimum atomic E-state index is -0.190. The molecule has 0 bridgehead atoms. The van der Waals surface area contributed by atoms with Crippen LogP contribution in [-0.2, 0) is 9.53 Å².